The standard InChI is InChI=1S/C17H23N3O5S/c21-16(19-8-2-3-14(12-19)17(22)23)13-5-9-20(10-6-13)26(24,25)15-4-1-7-18-11-15/h1,4,7,11,13-14H,2-3,5-6,8-10,12H2,(H,22,23)/t14-/m0/s1. The van der Waals surface area contributed by atoms with E-state index < -0.39 is 21.9 Å². The van der Waals surface area contributed by atoms with Crippen molar-refractivity contribution in [2.24, 2.45) is 11.8 Å². The second-order valence-corrected chi connectivity index (χ2v) is 8.77. The van der Waals surface area contributed by atoms with E-state index in [0.717, 1.165) is 0 Å². The Morgan fingerprint density at radius 3 is 2.46 bits per heavy atom. The number of sulfonamides is 1. The second kappa shape index (κ2) is 7.71. The zero-order chi connectivity index (χ0) is 18.7. The van der Waals surface area contributed by atoms with E-state index in [-0.39, 0.29) is 36.4 Å². The van der Waals surface area contributed by atoms with Gasteiger partial charge in [0.1, 0.15) is 4.90 Å². The molecule has 1 N–H and O–H groups in total. The number of carboxylic acid groups (broad SMARTS) is 1. The number of rotatable bonds is 4. The van der Waals surface area contributed by atoms with Gasteiger partial charge in [-0.2, -0.15) is 4.31 Å². The van der Waals surface area contributed by atoms with E-state index in [1.807, 2.05) is 0 Å². The van der Waals surface area contributed by atoms with Crippen LogP contribution in [0.4, 0.5) is 0 Å². The smallest absolute Gasteiger partial charge is 0.308 e. The third kappa shape index (κ3) is 3.88. The Morgan fingerprint density at radius 1 is 1.12 bits per heavy atom. The summed E-state index contributed by atoms with van der Waals surface area (Å²) in [5, 5.41) is 9.16. The minimum atomic E-state index is -3.59. The van der Waals surface area contributed by atoms with Gasteiger partial charge in [0, 0.05) is 44.5 Å². The van der Waals surface area contributed by atoms with Crippen LogP contribution in [0.3, 0.4) is 0 Å². The summed E-state index contributed by atoms with van der Waals surface area (Å²) >= 11 is 0. The van der Waals surface area contributed by atoms with Crippen molar-refractivity contribution >= 4 is 21.9 Å². The van der Waals surface area contributed by atoms with Crippen LogP contribution >= 0.6 is 0 Å². The minimum Gasteiger partial charge on any atom is -0.481 e. The van der Waals surface area contributed by atoms with Crippen LogP contribution in [0, 0.1) is 11.8 Å². The Hall–Kier alpha value is -2.00. The maximum atomic E-state index is 12.7. The highest BCUT2D eigenvalue weighted by molar-refractivity contribution is 7.89. The number of hydrogen-bond donors (Lipinski definition) is 1. The van der Waals surface area contributed by atoms with Crippen LogP contribution in [0.2, 0.25) is 0 Å². The predicted octanol–water partition coefficient (Wildman–Crippen LogP) is 0.805. The van der Waals surface area contributed by atoms with Crippen LogP contribution in [-0.4, -0.2) is 65.8 Å². The van der Waals surface area contributed by atoms with Gasteiger partial charge in [0.15, 0.2) is 0 Å². The first-order valence-electron chi connectivity index (χ1n) is 8.81. The molecule has 0 spiro atoms. The third-order valence-corrected chi connectivity index (χ3v) is 7.04. The van der Waals surface area contributed by atoms with Gasteiger partial charge in [0.05, 0.1) is 5.92 Å². The van der Waals surface area contributed by atoms with Crippen molar-refractivity contribution in [3.05, 3.63) is 24.5 Å². The van der Waals surface area contributed by atoms with Gasteiger partial charge in [0.2, 0.25) is 15.9 Å². The van der Waals surface area contributed by atoms with Gasteiger partial charge >= 0.3 is 5.97 Å². The average Bonchev–Trinajstić information content (AvgIpc) is 2.68. The Morgan fingerprint density at radius 2 is 1.85 bits per heavy atom. The lowest BCUT2D eigenvalue weighted by molar-refractivity contribution is -0.147. The van der Waals surface area contributed by atoms with Gasteiger partial charge < -0.3 is 10.0 Å². The number of carbonyl (C=O) groups excluding carboxylic acids is 1. The summed E-state index contributed by atoms with van der Waals surface area (Å²) in [6.45, 7) is 1.40. The third-order valence-electron chi connectivity index (χ3n) is 5.16. The largest absolute Gasteiger partial charge is 0.481 e. The van der Waals surface area contributed by atoms with Gasteiger partial charge in [-0.05, 0) is 37.8 Å². The number of aromatic nitrogens is 1. The number of aliphatic carboxylic acids is 1. The first-order chi connectivity index (χ1) is 12.4. The number of nitrogens with zero attached hydrogens (tertiary/aromatic N) is 3. The zero-order valence-corrected chi connectivity index (χ0v) is 15.3. The molecule has 0 aliphatic carbocycles. The lowest BCUT2D eigenvalue weighted by atomic mass is 9.93. The van der Waals surface area contributed by atoms with Crippen molar-refractivity contribution in [2.75, 3.05) is 26.2 Å². The molecule has 0 aromatic carbocycles. The van der Waals surface area contributed by atoms with E-state index in [1.165, 1.54) is 22.8 Å². The molecule has 1 amide bonds. The van der Waals surface area contributed by atoms with Gasteiger partial charge in [-0.25, -0.2) is 8.42 Å². The fourth-order valence-corrected chi connectivity index (χ4v) is 5.06. The maximum absolute atomic E-state index is 12.7. The Balaban J connectivity index is 1.60. The summed E-state index contributed by atoms with van der Waals surface area (Å²) in [4.78, 5) is 29.5. The van der Waals surface area contributed by atoms with Gasteiger partial charge in [-0.15, -0.1) is 0 Å². The number of piperidine rings is 2. The Labute approximate surface area is 152 Å². The van der Waals surface area contributed by atoms with Crippen LogP contribution in [0.25, 0.3) is 0 Å². The number of pyridine rings is 1. The lowest BCUT2D eigenvalue weighted by Crippen LogP contribution is -2.48. The van der Waals surface area contributed by atoms with Gasteiger partial charge in [0.25, 0.3) is 0 Å². The molecule has 1 aromatic rings. The maximum Gasteiger partial charge on any atom is 0.308 e. The van der Waals surface area contributed by atoms with E-state index in [1.54, 1.807) is 11.0 Å². The average molecular weight is 381 g/mol. The van der Waals surface area contributed by atoms with Crippen molar-refractivity contribution in [1.29, 1.82) is 0 Å². The monoisotopic (exact) mass is 381 g/mol. The minimum absolute atomic E-state index is 0.0469. The summed E-state index contributed by atoms with van der Waals surface area (Å²) < 4.78 is 26.6. The molecule has 0 radical (unpaired) electrons. The van der Waals surface area contributed by atoms with Crippen LogP contribution < -0.4 is 0 Å². The molecule has 8 nitrogen and oxygen atoms in total. The quantitative estimate of drug-likeness (QED) is 0.827. The van der Waals surface area contributed by atoms with Crippen molar-refractivity contribution < 1.29 is 23.1 Å². The molecule has 0 bridgehead atoms. The molecule has 3 rings (SSSR count). The molecule has 2 aliphatic heterocycles. The van der Waals surface area contributed by atoms with Crippen LogP contribution in [0.5, 0.6) is 0 Å². The topological polar surface area (TPSA) is 108 Å². The second-order valence-electron chi connectivity index (χ2n) is 6.83. The number of amides is 1. The summed E-state index contributed by atoms with van der Waals surface area (Å²) in [6.07, 6.45) is 5.04. The predicted molar refractivity (Wildman–Crippen MR) is 92.7 cm³/mol. The number of carboxylic acids is 1. The molecular formula is C17H23N3O5S. The van der Waals surface area contributed by atoms with Gasteiger partial charge in [-0.1, -0.05) is 0 Å². The molecule has 1 aromatic heterocycles. The lowest BCUT2D eigenvalue weighted by Gasteiger charge is -2.36. The first kappa shape index (κ1) is 18.8. The normalized spacial score (nSPS) is 22.9. The van der Waals surface area contributed by atoms with Crippen molar-refractivity contribution in [2.45, 2.75) is 30.6 Å². The molecule has 1 atom stereocenters. The van der Waals surface area contributed by atoms with E-state index in [0.29, 0.717) is 32.2 Å². The molecule has 2 saturated heterocycles. The van der Waals surface area contributed by atoms with Crippen LogP contribution in [0.15, 0.2) is 29.4 Å². The molecule has 3 heterocycles. The first-order valence-corrected chi connectivity index (χ1v) is 10.3. The van der Waals surface area contributed by atoms with Crippen LogP contribution in [0.1, 0.15) is 25.7 Å². The Kier molecular flexibility index (Phi) is 5.57. The van der Waals surface area contributed by atoms with Crippen molar-refractivity contribution in [1.82, 2.24) is 14.2 Å². The number of likely N-dealkylation sites (tertiary alicyclic amines) is 1. The number of carbonyl (C=O) groups is 2. The van der Waals surface area contributed by atoms with E-state index in [4.69, 9.17) is 5.11 Å². The van der Waals surface area contributed by atoms with Crippen molar-refractivity contribution in [3.8, 4) is 0 Å². The summed E-state index contributed by atoms with van der Waals surface area (Å²) in [6, 6.07) is 3.09. The highest BCUT2D eigenvalue weighted by Gasteiger charge is 2.36. The van der Waals surface area contributed by atoms with E-state index in [2.05, 4.69) is 4.98 Å². The van der Waals surface area contributed by atoms with E-state index >= 15 is 0 Å². The molecular weight excluding hydrogens is 358 g/mol. The van der Waals surface area contributed by atoms with Crippen LogP contribution in [-0.2, 0) is 19.6 Å². The summed E-state index contributed by atoms with van der Waals surface area (Å²) in [5.74, 6) is -1.66. The Bertz CT molecular complexity index is 760. The molecule has 142 valence electrons. The van der Waals surface area contributed by atoms with Gasteiger partial charge in [-0.3, -0.25) is 14.6 Å². The fourth-order valence-electron chi connectivity index (χ4n) is 3.63. The number of hydrogen-bond acceptors (Lipinski definition) is 5. The SMILES string of the molecule is O=C(O)[C@H]1CCCN(C(=O)C2CCN(S(=O)(=O)c3cccnc3)CC2)C1. The molecule has 26 heavy (non-hydrogen) atoms. The summed E-state index contributed by atoms with van der Waals surface area (Å²) in [5.41, 5.74) is 0. The highest BCUT2D eigenvalue weighted by Crippen LogP contribution is 2.26. The summed E-state index contributed by atoms with van der Waals surface area (Å²) in [7, 11) is -3.59. The highest BCUT2D eigenvalue weighted by atomic mass is 32.2. The van der Waals surface area contributed by atoms with E-state index in [9.17, 15) is 18.0 Å². The molecule has 0 saturated carbocycles. The zero-order valence-electron chi connectivity index (χ0n) is 14.5. The molecule has 2 aliphatic rings. The molecule has 0 unspecified atom stereocenters. The fraction of sp³-hybridized carbons (Fsp3) is 0.588. The molecule has 9 heteroatoms. The van der Waals surface area contributed by atoms with Crippen molar-refractivity contribution in [3.63, 3.8) is 0 Å². The molecule has 2 fully saturated rings.